The molecular weight excluding hydrogens is 264 g/mol. The van der Waals surface area contributed by atoms with Crippen molar-refractivity contribution in [2.75, 3.05) is 19.8 Å². The molecule has 0 aliphatic carbocycles. The molecule has 2 N–H and O–H groups in total. The van der Waals surface area contributed by atoms with Crippen LogP contribution in [0.4, 0.5) is 0 Å². The second-order valence-corrected chi connectivity index (χ2v) is 4.99. The summed E-state index contributed by atoms with van der Waals surface area (Å²) in [5, 5.41) is 18.0. The zero-order valence-electron chi connectivity index (χ0n) is 11.1. The summed E-state index contributed by atoms with van der Waals surface area (Å²) in [6.07, 6.45) is 0.886. The van der Waals surface area contributed by atoms with Crippen molar-refractivity contribution < 1.29 is 29.3 Å². The molecule has 20 heavy (non-hydrogen) atoms. The van der Waals surface area contributed by atoms with Gasteiger partial charge < -0.3 is 19.7 Å². The lowest BCUT2D eigenvalue weighted by molar-refractivity contribution is -0.133. The summed E-state index contributed by atoms with van der Waals surface area (Å²) in [5.74, 6) is -2.12. The molecule has 1 aromatic carbocycles. The number of hydrogen-bond acceptors (Lipinski definition) is 4. The fourth-order valence-electron chi connectivity index (χ4n) is 1.95. The lowest BCUT2D eigenvalue weighted by Gasteiger charge is -2.40. The molecule has 6 nitrogen and oxygen atoms in total. The summed E-state index contributed by atoms with van der Waals surface area (Å²) in [7, 11) is 0. The van der Waals surface area contributed by atoms with Crippen LogP contribution in [0.1, 0.15) is 34.1 Å². The lowest BCUT2D eigenvalue weighted by atomic mass is 9.84. The Morgan fingerprint density at radius 2 is 1.75 bits per heavy atom. The molecule has 6 heteroatoms. The minimum absolute atomic E-state index is 0.0530. The van der Waals surface area contributed by atoms with Crippen LogP contribution in [-0.2, 0) is 4.74 Å². The molecule has 1 aliphatic rings. The highest BCUT2D eigenvalue weighted by Crippen LogP contribution is 2.32. The SMILES string of the molecule is CCC1(COc2cc(C(=O)O)cc(C(=O)O)c2)COC1. The summed E-state index contributed by atoms with van der Waals surface area (Å²) in [6, 6.07) is 3.77. The van der Waals surface area contributed by atoms with Gasteiger partial charge in [-0.3, -0.25) is 0 Å². The van der Waals surface area contributed by atoms with Crippen molar-refractivity contribution in [1.29, 1.82) is 0 Å². The minimum atomic E-state index is -1.19. The van der Waals surface area contributed by atoms with Gasteiger partial charge in [0.15, 0.2) is 0 Å². The Balaban J connectivity index is 2.18. The van der Waals surface area contributed by atoms with Crippen molar-refractivity contribution >= 4 is 11.9 Å². The normalized spacial score (nSPS) is 16.2. The molecule has 1 fully saturated rings. The molecule has 1 saturated heterocycles. The van der Waals surface area contributed by atoms with Gasteiger partial charge in [-0.1, -0.05) is 6.92 Å². The van der Waals surface area contributed by atoms with E-state index >= 15 is 0 Å². The van der Waals surface area contributed by atoms with E-state index in [-0.39, 0.29) is 22.3 Å². The number of aromatic carboxylic acids is 2. The topological polar surface area (TPSA) is 93.1 Å². The molecule has 0 aromatic heterocycles. The highest BCUT2D eigenvalue weighted by atomic mass is 16.5. The van der Waals surface area contributed by atoms with E-state index in [9.17, 15) is 9.59 Å². The van der Waals surface area contributed by atoms with Crippen LogP contribution in [0, 0.1) is 5.41 Å². The first-order chi connectivity index (χ1) is 9.46. The molecule has 0 unspecified atom stereocenters. The molecule has 0 saturated carbocycles. The van der Waals surface area contributed by atoms with Gasteiger partial charge in [-0.2, -0.15) is 0 Å². The van der Waals surface area contributed by atoms with Gasteiger partial charge in [0.2, 0.25) is 0 Å². The van der Waals surface area contributed by atoms with Gasteiger partial charge in [-0.05, 0) is 24.6 Å². The van der Waals surface area contributed by atoms with Crippen LogP contribution in [0.25, 0.3) is 0 Å². The van der Waals surface area contributed by atoms with Crippen molar-refractivity contribution in [2.24, 2.45) is 5.41 Å². The van der Waals surface area contributed by atoms with Gasteiger partial charge in [0.25, 0.3) is 0 Å². The second-order valence-electron chi connectivity index (χ2n) is 4.99. The van der Waals surface area contributed by atoms with Gasteiger partial charge in [-0.25, -0.2) is 9.59 Å². The van der Waals surface area contributed by atoms with Crippen molar-refractivity contribution in [1.82, 2.24) is 0 Å². The standard InChI is InChI=1S/C14H16O6/c1-2-14(6-19-7-14)8-20-11-4-9(12(15)16)3-10(5-11)13(17)18/h3-5H,2,6-8H2,1H3,(H,15,16)(H,17,18). The van der Waals surface area contributed by atoms with E-state index in [0.29, 0.717) is 19.8 Å². The first-order valence-electron chi connectivity index (χ1n) is 6.28. The lowest BCUT2D eigenvalue weighted by Crippen LogP contribution is -2.46. The third-order valence-corrected chi connectivity index (χ3v) is 3.51. The van der Waals surface area contributed by atoms with E-state index in [4.69, 9.17) is 19.7 Å². The third-order valence-electron chi connectivity index (χ3n) is 3.51. The molecule has 0 spiro atoms. The summed E-state index contributed by atoms with van der Waals surface area (Å²) in [6.45, 7) is 3.62. The molecule has 0 atom stereocenters. The molecule has 1 heterocycles. The zero-order chi connectivity index (χ0) is 14.8. The summed E-state index contributed by atoms with van der Waals surface area (Å²) < 4.78 is 10.8. The van der Waals surface area contributed by atoms with Crippen LogP contribution in [0.15, 0.2) is 18.2 Å². The fraction of sp³-hybridized carbons (Fsp3) is 0.429. The number of benzene rings is 1. The molecule has 108 valence electrons. The van der Waals surface area contributed by atoms with Crippen LogP contribution in [0.2, 0.25) is 0 Å². The van der Waals surface area contributed by atoms with Crippen LogP contribution >= 0.6 is 0 Å². The summed E-state index contributed by atoms with van der Waals surface area (Å²) in [5.41, 5.74) is -0.256. The van der Waals surface area contributed by atoms with E-state index in [2.05, 4.69) is 0 Å². The van der Waals surface area contributed by atoms with Crippen LogP contribution in [-0.4, -0.2) is 42.0 Å². The zero-order valence-corrected chi connectivity index (χ0v) is 11.1. The maximum absolute atomic E-state index is 11.0. The molecular formula is C14H16O6. The average Bonchev–Trinajstić information content (AvgIpc) is 2.37. The Labute approximate surface area is 115 Å². The number of hydrogen-bond donors (Lipinski definition) is 2. The highest BCUT2D eigenvalue weighted by molar-refractivity contribution is 5.94. The number of rotatable bonds is 6. The van der Waals surface area contributed by atoms with Gasteiger partial charge in [0.05, 0.1) is 36.4 Å². The monoisotopic (exact) mass is 280 g/mol. The van der Waals surface area contributed by atoms with Crippen molar-refractivity contribution in [3.8, 4) is 5.75 Å². The number of carbonyl (C=O) groups is 2. The Bertz CT molecular complexity index is 495. The molecule has 0 radical (unpaired) electrons. The molecule has 0 amide bonds. The Kier molecular flexibility index (Phi) is 3.94. The smallest absolute Gasteiger partial charge is 0.335 e. The Morgan fingerprint density at radius 1 is 1.20 bits per heavy atom. The fourth-order valence-corrected chi connectivity index (χ4v) is 1.95. The van der Waals surface area contributed by atoms with E-state index in [1.807, 2.05) is 6.92 Å². The van der Waals surface area contributed by atoms with E-state index in [1.165, 1.54) is 12.1 Å². The molecule has 1 aromatic rings. The van der Waals surface area contributed by atoms with E-state index in [0.717, 1.165) is 12.5 Å². The quantitative estimate of drug-likeness (QED) is 0.826. The third kappa shape index (κ3) is 2.91. The summed E-state index contributed by atoms with van der Waals surface area (Å²) in [4.78, 5) is 22.0. The van der Waals surface area contributed by atoms with Crippen LogP contribution in [0.3, 0.4) is 0 Å². The van der Waals surface area contributed by atoms with Gasteiger partial charge in [-0.15, -0.1) is 0 Å². The van der Waals surface area contributed by atoms with E-state index < -0.39 is 11.9 Å². The van der Waals surface area contributed by atoms with Crippen LogP contribution < -0.4 is 4.74 Å². The van der Waals surface area contributed by atoms with Crippen LogP contribution in [0.5, 0.6) is 5.75 Å². The average molecular weight is 280 g/mol. The Morgan fingerprint density at radius 3 is 2.10 bits per heavy atom. The summed E-state index contributed by atoms with van der Waals surface area (Å²) >= 11 is 0. The van der Waals surface area contributed by atoms with Gasteiger partial charge in [0.1, 0.15) is 5.75 Å². The minimum Gasteiger partial charge on any atom is -0.493 e. The van der Waals surface area contributed by atoms with E-state index in [1.54, 1.807) is 0 Å². The first kappa shape index (κ1) is 14.3. The predicted octanol–water partition coefficient (Wildman–Crippen LogP) is 1.89. The largest absolute Gasteiger partial charge is 0.493 e. The molecule has 1 aliphatic heterocycles. The maximum atomic E-state index is 11.0. The Hall–Kier alpha value is -2.08. The second kappa shape index (κ2) is 5.50. The van der Waals surface area contributed by atoms with Crippen molar-refractivity contribution in [2.45, 2.75) is 13.3 Å². The maximum Gasteiger partial charge on any atom is 0.335 e. The number of carboxylic acid groups (broad SMARTS) is 2. The van der Waals surface area contributed by atoms with Crippen molar-refractivity contribution in [3.05, 3.63) is 29.3 Å². The van der Waals surface area contributed by atoms with Crippen molar-refractivity contribution in [3.63, 3.8) is 0 Å². The van der Waals surface area contributed by atoms with Gasteiger partial charge >= 0.3 is 11.9 Å². The first-order valence-corrected chi connectivity index (χ1v) is 6.28. The molecule has 2 rings (SSSR count). The predicted molar refractivity (Wildman–Crippen MR) is 69.4 cm³/mol. The number of carboxylic acids is 2. The molecule has 0 bridgehead atoms. The number of ether oxygens (including phenoxy) is 2. The highest BCUT2D eigenvalue weighted by Gasteiger charge is 2.37. The van der Waals surface area contributed by atoms with Gasteiger partial charge in [0, 0.05) is 0 Å².